The van der Waals surface area contributed by atoms with Gasteiger partial charge >= 0.3 is 11.9 Å². The molecule has 3 unspecified atom stereocenters. The van der Waals surface area contributed by atoms with E-state index >= 15 is 0 Å². The molecule has 1 aliphatic heterocycles. The van der Waals surface area contributed by atoms with Gasteiger partial charge in [0.05, 0.1) is 11.8 Å². The van der Waals surface area contributed by atoms with Crippen LogP contribution in [0, 0.1) is 23.2 Å². The number of carbonyl (C=O) groups excluding carboxylic acids is 2. The molecule has 1 aromatic carbocycles. The summed E-state index contributed by atoms with van der Waals surface area (Å²) in [4.78, 5) is 25.4. The highest BCUT2D eigenvalue weighted by Crippen LogP contribution is 2.51. The van der Waals surface area contributed by atoms with Crippen LogP contribution in [0.3, 0.4) is 0 Å². The Morgan fingerprint density at radius 1 is 0.960 bits per heavy atom. The highest BCUT2D eigenvalue weighted by atomic mass is 16.6. The summed E-state index contributed by atoms with van der Waals surface area (Å²) in [7, 11) is 0. The first kappa shape index (κ1) is 19.7. The summed E-state index contributed by atoms with van der Waals surface area (Å²) in [6.45, 7) is 10.7. The first-order valence-corrected chi connectivity index (χ1v) is 9.73. The summed E-state index contributed by atoms with van der Waals surface area (Å²) in [5.74, 6) is -1.02. The number of carbonyl (C=O) groups is 2. The fourth-order valence-electron chi connectivity index (χ4n) is 4.52. The zero-order chi connectivity index (χ0) is 18.6. The summed E-state index contributed by atoms with van der Waals surface area (Å²) in [6, 6.07) is 10.2. The van der Waals surface area contributed by atoms with Crippen LogP contribution in [0.15, 0.2) is 30.3 Å². The van der Waals surface area contributed by atoms with Crippen LogP contribution >= 0.6 is 0 Å². The standard InChI is InChI=1S/C22H32O3/c1-6-15(7-2)17(16-13-11-10-12-14-16)18-19(21(24)25-20(18)23)22(5,8-3)9-4/h10-15,17-19H,6-9H2,1-5H3. The van der Waals surface area contributed by atoms with Gasteiger partial charge in [-0.25, -0.2) is 0 Å². The van der Waals surface area contributed by atoms with Gasteiger partial charge in [-0.15, -0.1) is 0 Å². The molecular formula is C22H32O3. The molecule has 0 bridgehead atoms. The van der Waals surface area contributed by atoms with E-state index in [2.05, 4.69) is 46.8 Å². The molecule has 2 rings (SSSR count). The molecule has 1 heterocycles. The number of rotatable bonds is 8. The molecule has 3 nitrogen and oxygen atoms in total. The Hall–Kier alpha value is -1.64. The topological polar surface area (TPSA) is 43.4 Å². The third-order valence-corrected chi connectivity index (χ3v) is 6.58. The predicted molar refractivity (Wildman–Crippen MR) is 100 cm³/mol. The summed E-state index contributed by atoms with van der Waals surface area (Å²) in [6.07, 6.45) is 3.68. The minimum atomic E-state index is -0.385. The lowest BCUT2D eigenvalue weighted by molar-refractivity contribution is -0.154. The van der Waals surface area contributed by atoms with Crippen molar-refractivity contribution in [2.75, 3.05) is 0 Å². The van der Waals surface area contributed by atoms with Gasteiger partial charge in [0.2, 0.25) is 0 Å². The maximum Gasteiger partial charge on any atom is 0.318 e. The first-order valence-electron chi connectivity index (χ1n) is 9.73. The van der Waals surface area contributed by atoms with Gasteiger partial charge in [0, 0.05) is 5.92 Å². The highest BCUT2D eigenvalue weighted by Gasteiger charge is 2.56. The van der Waals surface area contributed by atoms with Crippen molar-refractivity contribution in [2.24, 2.45) is 23.2 Å². The van der Waals surface area contributed by atoms with Crippen LogP contribution in [-0.4, -0.2) is 11.9 Å². The number of cyclic esters (lactones) is 2. The molecule has 25 heavy (non-hydrogen) atoms. The molecule has 1 aliphatic rings. The van der Waals surface area contributed by atoms with E-state index in [0.29, 0.717) is 5.92 Å². The smallest absolute Gasteiger partial charge is 0.318 e. The second kappa shape index (κ2) is 8.16. The fourth-order valence-corrected chi connectivity index (χ4v) is 4.52. The number of esters is 2. The van der Waals surface area contributed by atoms with Gasteiger partial charge in [0.1, 0.15) is 0 Å². The van der Waals surface area contributed by atoms with Crippen molar-refractivity contribution in [1.29, 1.82) is 0 Å². The van der Waals surface area contributed by atoms with Crippen LogP contribution in [-0.2, 0) is 14.3 Å². The largest absolute Gasteiger partial charge is 0.393 e. The van der Waals surface area contributed by atoms with Crippen LogP contribution in [0.5, 0.6) is 0 Å². The van der Waals surface area contributed by atoms with E-state index in [0.717, 1.165) is 31.2 Å². The maximum absolute atomic E-state index is 12.8. The van der Waals surface area contributed by atoms with Crippen LogP contribution < -0.4 is 0 Å². The second-order valence-corrected chi connectivity index (χ2v) is 7.62. The SMILES string of the molecule is CCC(CC)C(c1ccccc1)C1C(=O)OC(=O)C1C(C)(CC)CC. The highest BCUT2D eigenvalue weighted by molar-refractivity contribution is 5.97. The monoisotopic (exact) mass is 344 g/mol. The Balaban J connectivity index is 2.56. The van der Waals surface area contributed by atoms with Gasteiger partial charge in [-0.2, -0.15) is 0 Å². The molecule has 1 fully saturated rings. The van der Waals surface area contributed by atoms with Crippen molar-refractivity contribution >= 4 is 11.9 Å². The van der Waals surface area contributed by atoms with Crippen LogP contribution in [0.1, 0.15) is 71.8 Å². The molecule has 0 spiro atoms. The molecular weight excluding hydrogens is 312 g/mol. The average Bonchev–Trinajstić information content (AvgIpc) is 2.93. The van der Waals surface area contributed by atoms with E-state index in [4.69, 9.17) is 4.74 Å². The van der Waals surface area contributed by atoms with Crippen molar-refractivity contribution in [1.82, 2.24) is 0 Å². The van der Waals surface area contributed by atoms with Crippen molar-refractivity contribution < 1.29 is 14.3 Å². The van der Waals surface area contributed by atoms with E-state index in [-0.39, 0.29) is 35.1 Å². The zero-order valence-corrected chi connectivity index (χ0v) is 16.2. The summed E-state index contributed by atoms with van der Waals surface area (Å²) in [5, 5.41) is 0. The molecule has 3 atom stereocenters. The van der Waals surface area contributed by atoms with Crippen LogP contribution in [0.2, 0.25) is 0 Å². The average molecular weight is 344 g/mol. The Labute approximate surface area is 152 Å². The van der Waals surface area contributed by atoms with Gasteiger partial charge in [-0.1, -0.05) is 77.8 Å². The van der Waals surface area contributed by atoms with Gasteiger partial charge in [-0.05, 0) is 29.7 Å². The fraction of sp³-hybridized carbons (Fsp3) is 0.636. The predicted octanol–water partition coefficient (Wildman–Crippen LogP) is 5.35. The minimum Gasteiger partial charge on any atom is -0.393 e. The van der Waals surface area contributed by atoms with Crippen molar-refractivity contribution in [3.05, 3.63) is 35.9 Å². The molecule has 1 aromatic rings. The Morgan fingerprint density at radius 3 is 2.00 bits per heavy atom. The second-order valence-electron chi connectivity index (χ2n) is 7.62. The van der Waals surface area contributed by atoms with E-state index in [9.17, 15) is 9.59 Å². The molecule has 0 aromatic heterocycles. The van der Waals surface area contributed by atoms with E-state index in [1.165, 1.54) is 0 Å². The lowest BCUT2D eigenvalue weighted by Crippen LogP contribution is -2.39. The maximum atomic E-state index is 12.8. The van der Waals surface area contributed by atoms with Gasteiger partial charge < -0.3 is 4.74 Å². The summed E-state index contributed by atoms with van der Waals surface area (Å²) in [5.41, 5.74) is 0.930. The lowest BCUT2D eigenvalue weighted by Gasteiger charge is -2.38. The Morgan fingerprint density at radius 2 is 1.52 bits per heavy atom. The summed E-state index contributed by atoms with van der Waals surface area (Å²) >= 11 is 0. The number of benzene rings is 1. The van der Waals surface area contributed by atoms with Gasteiger partial charge in [-0.3, -0.25) is 9.59 Å². The molecule has 0 N–H and O–H groups in total. The molecule has 0 aliphatic carbocycles. The first-order chi connectivity index (χ1) is 11.9. The quantitative estimate of drug-likeness (QED) is 0.472. The third-order valence-electron chi connectivity index (χ3n) is 6.58. The molecule has 0 radical (unpaired) electrons. The molecule has 0 amide bonds. The lowest BCUT2D eigenvalue weighted by atomic mass is 9.61. The van der Waals surface area contributed by atoms with Crippen LogP contribution in [0.25, 0.3) is 0 Å². The minimum absolute atomic E-state index is 0.0255. The third kappa shape index (κ3) is 3.65. The molecule has 138 valence electrons. The molecule has 3 heteroatoms. The van der Waals surface area contributed by atoms with Gasteiger partial charge in [0.15, 0.2) is 0 Å². The van der Waals surface area contributed by atoms with Crippen molar-refractivity contribution in [3.63, 3.8) is 0 Å². The van der Waals surface area contributed by atoms with E-state index in [1.54, 1.807) is 0 Å². The number of hydrogen-bond acceptors (Lipinski definition) is 3. The Bertz CT molecular complexity index is 585. The number of hydrogen-bond donors (Lipinski definition) is 0. The van der Waals surface area contributed by atoms with Gasteiger partial charge in [0.25, 0.3) is 0 Å². The zero-order valence-electron chi connectivity index (χ0n) is 16.2. The normalized spacial score (nSPS) is 22.3. The number of ether oxygens (including phenoxy) is 1. The Kier molecular flexibility index (Phi) is 6.42. The molecule has 1 saturated heterocycles. The van der Waals surface area contributed by atoms with Crippen molar-refractivity contribution in [3.8, 4) is 0 Å². The summed E-state index contributed by atoms with van der Waals surface area (Å²) < 4.78 is 5.20. The van der Waals surface area contributed by atoms with E-state index in [1.807, 2.05) is 18.2 Å². The van der Waals surface area contributed by atoms with E-state index < -0.39 is 0 Å². The van der Waals surface area contributed by atoms with Crippen LogP contribution in [0.4, 0.5) is 0 Å². The van der Waals surface area contributed by atoms with Crippen molar-refractivity contribution in [2.45, 2.75) is 66.2 Å². The molecule has 0 saturated carbocycles.